The van der Waals surface area contributed by atoms with Crippen LogP contribution in [-0.2, 0) is 33.3 Å². The summed E-state index contributed by atoms with van der Waals surface area (Å²) in [5.41, 5.74) is 1.58. The van der Waals surface area contributed by atoms with E-state index >= 15 is 0 Å². The summed E-state index contributed by atoms with van der Waals surface area (Å²) in [6.45, 7) is 12.3. The van der Waals surface area contributed by atoms with Crippen molar-refractivity contribution in [1.29, 1.82) is 0 Å². The number of hydrogen-bond acceptors (Lipinski definition) is 7. The molecule has 1 fully saturated rings. The molecule has 1 saturated heterocycles. The Labute approximate surface area is 185 Å². The van der Waals surface area contributed by atoms with Crippen LogP contribution in [-0.4, -0.2) is 55.4 Å². The zero-order chi connectivity index (χ0) is 23.0. The van der Waals surface area contributed by atoms with Crippen LogP contribution in [0.1, 0.15) is 66.2 Å². The maximum absolute atomic E-state index is 12.7. The maximum Gasteiger partial charge on any atom is 0.305 e. The summed E-state index contributed by atoms with van der Waals surface area (Å²) in [6, 6.07) is 0. The number of carbonyl (C=O) groups is 3. The van der Waals surface area contributed by atoms with E-state index < -0.39 is 6.10 Å². The highest BCUT2D eigenvalue weighted by molar-refractivity contribution is 5.99. The minimum Gasteiger partial charge on any atom is -0.466 e. The molecule has 7 nitrogen and oxygen atoms in total. The van der Waals surface area contributed by atoms with Crippen LogP contribution in [0.25, 0.3) is 0 Å². The first-order valence-corrected chi connectivity index (χ1v) is 11.3. The molecule has 0 radical (unpaired) electrons. The average molecular weight is 437 g/mol. The van der Waals surface area contributed by atoms with Crippen LogP contribution in [0.3, 0.4) is 0 Å². The van der Waals surface area contributed by atoms with Gasteiger partial charge in [0.05, 0.1) is 31.5 Å². The van der Waals surface area contributed by atoms with Crippen molar-refractivity contribution in [3.8, 4) is 0 Å². The highest BCUT2D eigenvalue weighted by Crippen LogP contribution is 2.34. The van der Waals surface area contributed by atoms with Gasteiger partial charge in [0.25, 0.3) is 0 Å². The van der Waals surface area contributed by atoms with Gasteiger partial charge in [0.2, 0.25) is 0 Å². The van der Waals surface area contributed by atoms with E-state index in [1.165, 1.54) is 0 Å². The predicted octanol–water partition coefficient (Wildman–Crippen LogP) is 3.70. The van der Waals surface area contributed by atoms with Gasteiger partial charge >= 0.3 is 11.9 Å². The number of hydrogen-bond donors (Lipinski definition) is 0. The fourth-order valence-electron chi connectivity index (χ4n) is 4.07. The van der Waals surface area contributed by atoms with E-state index in [0.29, 0.717) is 44.5 Å². The molecule has 5 atom stereocenters. The molecular weight excluding hydrogens is 400 g/mol. The van der Waals surface area contributed by atoms with Crippen LogP contribution in [0.5, 0.6) is 0 Å². The summed E-state index contributed by atoms with van der Waals surface area (Å²) >= 11 is 0. The lowest BCUT2D eigenvalue weighted by molar-refractivity contribution is -0.145. The average Bonchev–Trinajstić information content (AvgIpc) is 2.72. The Morgan fingerprint density at radius 2 is 1.68 bits per heavy atom. The van der Waals surface area contributed by atoms with Crippen LogP contribution < -0.4 is 0 Å². The Morgan fingerprint density at radius 1 is 1.06 bits per heavy atom. The highest BCUT2D eigenvalue weighted by Gasteiger charge is 2.37. The van der Waals surface area contributed by atoms with Gasteiger partial charge in [-0.2, -0.15) is 0 Å². The second-order valence-corrected chi connectivity index (χ2v) is 8.26. The molecule has 174 valence electrons. The standard InChI is InChI=1S/C24H36O7/c1-6-28-22(25)10-8-18-12-15(3)17(5)20(30-18)14-21-24(27)16(4)13-19(31-21)9-11-23(26)29-7-2/h13,15,18-21H,5-12,14H2,1-4H3/t15-,18+,19+,20-,21+/m1/s1. The number of rotatable bonds is 10. The van der Waals surface area contributed by atoms with Crippen molar-refractivity contribution in [3.05, 3.63) is 23.8 Å². The number of carbonyl (C=O) groups excluding carboxylic acids is 3. The normalized spacial score (nSPS) is 28.8. The van der Waals surface area contributed by atoms with Gasteiger partial charge in [0.15, 0.2) is 5.78 Å². The molecule has 0 amide bonds. The van der Waals surface area contributed by atoms with E-state index in [4.69, 9.17) is 18.9 Å². The number of esters is 2. The molecular formula is C24H36O7. The summed E-state index contributed by atoms with van der Waals surface area (Å²) in [6.07, 6.45) is 3.15. The largest absolute Gasteiger partial charge is 0.466 e. The van der Waals surface area contributed by atoms with E-state index in [-0.39, 0.29) is 48.4 Å². The van der Waals surface area contributed by atoms with Crippen molar-refractivity contribution in [3.63, 3.8) is 0 Å². The molecule has 0 unspecified atom stereocenters. The predicted molar refractivity (Wildman–Crippen MR) is 115 cm³/mol. The van der Waals surface area contributed by atoms with Gasteiger partial charge < -0.3 is 18.9 Å². The first-order valence-electron chi connectivity index (χ1n) is 11.3. The van der Waals surface area contributed by atoms with Crippen LogP contribution in [0.15, 0.2) is 23.8 Å². The number of ether oxygens (including phenoxy) is 4. The molecule has 31 heavy (non-hydrogen) atoms. The molecule has 2 aliphatic heterocycles. The van der Waals surface area contributed by atoms with Crippen LogP contribution in [0.4, 0.5) is 0 Å². The molecule has 2 heterocycles. The fraction of sp³-hybridized carbons (Fsp3) is 0.708. The molecule has 0 aromatic rings. The second-order valence-electron chi connectivity index (χ2n) is 8.26. The van der Waals surface area contributed by atoms with Gasteiger partial charge in [-0.25, -0.2) is 0 Å². The maximum atomic E-state index is 12.7. The molecule has 0 spiro atoms. The molecule has 0 aromatic carbocycles. The summed E-state index contributed by atoms with van der Waals surface area (Å²) in [5.74, 6) is -0.338. The molecule has 0 aromatic heterocycles. The molecule has 0 aliphatic carbocycles. The summed E-state index contributed by atoms with van der Waals surface area (Å²) in [7, 11) is 0. The van der Waals surface area contributed by atoms with E-state index in [0.717, 1.165) is 12.0 Å². The lowest BCUT2D eigenvalue weighted by Gasteiger charge is -2.38. The number of Topliss-reactive ketones (excluding diaryl/α,β-unsaturated/α-hetero) is 1. The topological polar surface area (TPSA) is 88.1 Å². The zero-order valence-electron chi connectivity index (χ0n) is 19.2. The summed E-state index contributed by atoms with van der Waals surface area (Å²) < 4.78 is 22.2. The van der Waals surface area contributed by atoms with Crippen molar-refractivity contribution in [2.75, 3.05) is 13.2 Å². The fourth-order valence-corrected chi connectivity index (χ4v) is 4.07. The second kappa shape index (κ2) is 12.2. The van der Waals surface area contributed by atoms with E-state index in [9.17, 15) is 14.4 Å². The van der Waals surface area contributed by atoms with Crippen molar-refractivity contribution in [2.24, 2.45) is 5.92 Å². The van der Waals surface area contributed by atoms with Crippen LogP contribution >= 0.6 is 0 Å². The van der Waals surface area contributed by atoms with Crippen molar-refractivity contribution >= 4 is 17.7 Å². The quantitative estimate of drug-likeness (QED) is 0.381. The highest BCUT2D eigenvalue weighted by atomic mass is 16.5. The summed E-state index contributed by atoms with van der Waals surface area (Å²) in [5, 5.41) is 0. The third-order valence-corrected chi connectivity index (χ3v) is 5.82. The van der Waals surface area contributed by atoms with Crippen molar-refractivity contribution < 1.29 is 33.3 Å². The summed E-state index contributed by atoms with van der Waals surface area (Å²) in [4.78, 5) is 36.1. The Kier molecular flexibility index (Phi) is 9.91. The van der Waals surface area contributed by atoms with Crippen molar-refractivity contribution in [2.45, 2.75) is 90.6 Å². The number of ketones is 1. The van der Waals surface area contributed by atoms with E-state index in [2.05, 4.69) is 13.5 Å². The van der Waals surface area contributed by atoms with Gasteiger partial charge in [0, 0.05) is 19.3 Å². The molecule has 0 bridgehead atoms. The molecule has 0 saturated carbocycles. The first kappa shape index (κ1) is 25.3. The Bertz CT molecular complexity index is 696. The van der Waals surface area contributed by atoms with Crippen molar-refractivity contribution in [1.82, 2.24) is 0 Å². The monoisotopic (exact) mass is 436 g/mol. The zero-order valence-corrected chi connectivity index (χ0v) is 19.2. The third kappa shape index (κ3) is 7.58. The molecule has 2 aliphatic rings. The smallest absolute Gasteiger partial charge is 0.305 e. The Hall–Kier alpha value is -1.99. The van der Waals surface area contributed by atoms with E-state index in [1.54, 1.807) is 26.8 Å². The van der Waals surface area contributed by atoms with Gasteiger partial charge in [-0.3, -0.25) is 14.4 Å². The SMILES string of the molecule is C=C1[C@H](C)C[C@H](CCC(=O)OCC)O[C@@H]1C[C@@H]1O[C@@H](CCC(=O)OCC)C=C(C)C1=O. The van der Waals surface area contributed by atoms with Crippen LogP contribution in [0.2, 0.25) is 0 Å². The lowest BCUT2D eigenvalue weighted by Crippen LogP contribution is -2.41. The van der Waals surface area contributed by atoms with Gasteiger partial charge in [-0.1, -0.05) is 13.5 Å². The Balaban J connectivity index is 1.97. The first-order chi connectivity index (χ1) is 14.7. The lowest BCUT2D eigenvalue weighted by atomic mass is 9.84. The molecule has 0 N–H and O–H groups in total. The van der Waals surface area contributed by atoms with Crippen LogP contribution in [0, 0.1) is 5.92 Å². The Morgan fingerprint density at radius 3 is 2.29 bits per heavy atom. The molecule has 7 heteroatoms. The van der Waals surface area contributed by atoms with Gasteiger partial charge in [0.1, 0.15) is 6.10 Å². The minimum absolute atomic E-state index is 0.0647. The van der Waals surface area contributed by atoms with Gasteiger partial charge in [-0.05, 0) is 63.2 Å². The van der Waals surface area contributed by atoms with E-state index in [1.807, 2.05) is 0 Å². The third-order valence-electron chi connectivity index (χ3n) is 5.82. The van der Waals surface area contributed by atoms with Gasteiger partial charge in [-0.15, -0.1) is 0 Å². The molecule has 2 rings (SSSR count). The minimum atomic E-state index is -0.644.